The lowest BCUT2D eigenvalue weighted by molar-refractivity contribution is 0.102. The monoisotopic (exact) mass is 255 g/mol. The molecule has 94 valence electrons. The molecule has 19 heavy (non-hydrogen) atoms. The smallest absolute Gasteiger partial charge is 0.258 e. The molecule has 3 aromatic rings. The third-order valence-corrected chi connectivity index (χ3v) is 2.46. The molecule has 0 unspecified atom stereocenters. The van der Waals surface area contributed by atoms with Crippen molar-refractivity contribution in [3.8, 4) is 0 Å². The lowest BCUT2D eigenvalue weighted by Gasteiger charge is -2.01. The van der Waals surface area contributed by atoms with Crippen molar-refractivity contribution in [2.45, 2.75) is 6.92 Å². The molecular formula is C12H9N5O2. The molecule has 1 amide bonds. The van der Waals surface area contributed by atoms with Crippen LogP contribution >= 0.6 is 0 Å². The van der Waals surface area contributed by atoms with E-state index in [1.807, 2.05) is 0 Å². The second kappa shape index (κ2) is 4.45. The zero-order chi connectivity index (χ0) is 13.2. The van der Waals surface area contributed by atoms with Gasteiger partial charge >= 0.3 is 0 Å². The van der Waals surface area contributed by atoms with Crippen molar-refractivity contribution in [1.82, 2.24) is 20.1 Å². The highest BCUT2D eigenvalue weighted by atomic mass is 16.5. The predicted octanol–water partition coefficient (Wildman–Crippen LogP) is 1.57. The number of nitrogens with zero attached hydrogens (tertiary/aromatic N) is 4. The predicted molar refractivity (Wildman–Crippen MR) is 66.5 cm³/mol. The minimum absolute atomic E-state index is 0.326. The van der Waals surface area contributed by atoms with Crippen molar-refractivity contribution in [1.29, 1.82) is 0 Å². The number of anilines is 1. The van der Waals surface area contributed by atoms with Gasteiger partial charge in [-0.1, -0.05) is 5.16 Å². The first-order valence-corrected chi connectivity index (χ1v) is 5.54. The highest BCUT2D eigenvalue weighted by Gasteiger charge is 2.10. The maximum Gasteiger partial charge on any atom is 0.258 e. The van der Waals surface area contributed by atoms with Crippen LogP contribution < -0.4 is 5.32 Å². The highest BCUT2D eigenvalue weighted by molar-refractivity contribution is 6.04. The third-order valence-electron chi connectivity index (χ3n) is 2.46. The average molecular weight is 255 g/mol. The van der Waals surface area contributed by atoms with Gasteiger partial charge in [0.15, 0.2) is 11.5 Å². The minimum Gasteiger partial charge on any atom is -0.360 e. The quantitative estimate of drug-likeness (QED) is 0.747. The SMILES string of the molecule is Cc1cc(NC(=O)c2cnc3nccnc3c2)no1. The largest absolute Gasteiger partial charge is 0.360 e. The van der Waals surface area contributed by atoms with Gasteiger partial charge in [0.25, 0.3) is 5.91 Å². The number of amides is 1. The summed E-state index contributed by atoms with van der Waals surface area (Å²) in [6.45, 7) is 1.75. The zero-order valence-electron chi connectivity index (χ0n) is 9.99. The fourth-order valence-corrected chi connectivity index (χ4v) is 1.60. The van der Waals surface area contributed by atoms with E-state index in [1.165, 1.54) is 6.20 Å². The van der Waals surface area contributed by atoms with Gasteiger partial charge in [0.05, 0.1) is 5.56 Å². The molecule has 0 aliphatic carbocycles. The van der Waals surface area contributed by atoms with Crippen LogP contribution in [-0.4, -0.2) is 26.0 Å². The molecule has 0 aromatic carbocycles. The number of hydrogen-bond acceptors (Lipinski definition) is 6. The molecule has 7 nitrogen and oxygen atoms in total. The molecule has 3 heterocycles. The van der Waals surface area contributed by atoms with Crippen LogP contribution in [0.2, 0.25) is 0 Å². The fourth-order valence-electron chi connectivity index (χ4n) is 1.60. The van der Waals surface area contributed by atoms with Crippen LogP contribution in [0.4, 0.5) is 5.82 Å². The maximum absolute atomic E-state index is 12.0. The molecule has 3 aromatic heterocycles. The molecule has 1 N–H and O–H groups in total. The van der Waals surface area contributed by atoms with Gasteiger partial charge < -0.3 is 9.84 Å². The third kappa shape index (κ3) is 2.25. The van der Waals surface area contributed by atoms with Gasteiger partial charge in [0, 0.05) is 24.7 Å². The second-order valence-corrected chi connectivity index (χ2v) is 3.90. The summed E-state index contributed by atoms with van der Waals surface area (Å²) >= 11 is 0. The fraction of sp³-hybridized carbons (Fsp3) is 0.0833. The minimum atomic E-state index is -0.326. The van der Waals surface area contributed by atoms with Gasteiger partial charge in [0.2, 0.25) is 0 Å². The van der Waals surface area contributed by atoms with Crippen LogP contribution in [0.3, 0.4) is 0 Å². The molecule has 0 spiro atoms. The Morgan fingerprint density at radius 2 is 2.05 bits per heavy atom. The number of carbonyl (C=O) groups is 1. The first kappa shape index (κ1) is 11.3. The number of hydrogen-bond donors (Lipinski definition) is 1. The molecule has 0 aliphatic rings. The van der Waals surface area contributed by atoms with Gasteiger partial charge in [-0.25, -0.2) is 9.97 Å². The Balaban J connectivity index is 1.89. The van der Waals surface area contributed by atoms with E-state index in [9.17, 15) is 4.79 Å². The van der Waals surface area contributed by atoms with Crippen molar-refractivity contribution >= 4 is 22.9 Å². The van der Waals surface area contributed by atoms with E-state index in [2.05, 4.69) is 25.4 Å². The Morgan fingerprint density at radius 3 is 2.84 bits per heavy atom. The topological polar surface area (TPSA) is 93.8 Å². The van der Waals surface area contributed by atoms with Crippen LogP contribution in [-0.2, 0) is 0 Å². The van der Waals surface area contributed by atoms with Crippen LogP contribution in [0.15, 0.2) is 35.2 Å². The van der Waals surface area contributed by atoms with E-state index in [-0.39, 0.29) is 5.91 Å². The number of pyridine rings is 1. The molecule has 0 radical (unpaired) electrons. The summed E-state index contributed by atoms with van der Waals surface area (Å²) in [5, 5.41) is 6.30. The Bertz CT molecular complexity index is 752. The number of nitrogens with one attached hydrogen (secondary N) is 1. The summed E-state index contributed by atoms with van der Waals surface area (Å²) < 4.78 is 4.87. The molecule has 0 saturated heterocycles. The number of aryl methyl sites for hydroxylation is 1. The lowest BCUT2D eigenvalue weighted by atomic mass is 10.2. The highest BCUT2D eigenvalue weighted by Crippen LogP contribution is 2.11. The van der Waals surface area contributed by atoms with Crippen molar-refractivity contribution in [3.63, 3.8) is 0 Å². The number of rotatable bonds is 2. The Labute approximate surface area is 107 Å². The summed E-state index contributed by atoms with van der Waals surface area (Å²) in [6.07, 6.45) is 4.54. The molecule has 0 saturated carbocycles. The van der Waals surface area contributed by atoms with E-state index in [0.717, 1.165) is 0 Å². The summed E-state index contributed by atoms with van der Waals surface area (Å²) in [6, 6.07) is 3.25. The Kier molecular flexibility index (Phi) is 2.64. The average Bonchev–Trinajstić information content (AvgIpc) is 2.83. The second-order valence-electron chi connectivity index (χ2n) is 3.90. The molecule has 0 fully saturated rings. The van der Waals surface area contributed by atoms with Gasteiger partial charge in [-0.2, -0.15) is 0 Å². The van der Waals surface area contributed by atoms with Crippen LogP contribution in [0, 0.1) is 6.92 Å². The van der Waals surface area contributed by atoms with Crippen molar-refractivity contribution in [2.24, 2.45) is 0 Å². The summed E-state index contributed by atoms with van der Waals surface area (Å²) in [4.78, 5) is 24.2. The number of aromatic nitrogens is 4. The van der Waals surface area contributed by atoms with Crippen LogP contribution in [0.5, 0.6) is 0 Å². The van der Waals surface area contributed by atoms with Gasteiger partial charge in [-0.3, -0.25) is 9.78 Å². The van der Waals surface area contributed by atoms with E-state index in [1.54, 1.807) is 31.5 Å². The summed E-state index contributed by atoms with van der Waals surface area (Å²) in [5.41, 5.74) is 1.44. The molecule has 3 rings (SSSR count). The Hall–Kier alpha value is -2.83. The lowest BCUT2D eigenvalue weighted by Crippen LogP contribution is -2.12. The Morgan fingerprint density at radius 1 is 1.21 bits per heavy atom. The van der Waals surface area contributed by atoms with Crippen molar-refractivity contribution < 1.29 is 9.32 Å². The number of carbonyl (C=O) groups excluding carboxylic acids is 1. The van der Waals surface area contributed by atoms with Crippen LogP contribution in [0.1, 0.15) is 16.1 Å². The first-order valence-electron chi connectivity index (χ1n) is 5.54. The van der Waals surface area contributed by atoms with E-state index < -0.39 is 0 Å². The molecule has 7 heteroatoms. The summed E-state index contributed by atoms with van der Waals surface area (Å²) in [7, 11) is 0. The van der Waals surface area contributed by atoms with E-state index in [4.69, 9.17) is 4.52 Å². The van der Waals surface area contributed by atoms with Crippen molar-refractivity contribution in [3.05, 3.63) is 42.0 Å². The van der Waals surface area contributed by atoms with E-state index in [0.29, 0.717) is 28.3 Å². The number of fused-ring (bicyclic) bond motifs is 1. The zero-order valence-corrected chi connectivity index (χ0v) is 9.99. The maximum atomic E-state index is 12.0. The first-order chi connectivity index (χ1) is 9.22. The molecule has 0 atom stereocenters. The molecule has 0 bridgehead atoms. The van der Waals surface area contributed by atoms with Crippen molar-refractivity contribution in [2.75, 3.05) is 5.32 Å². The molecular weight excluding hydrogens is 246 g/mol. The normalized spacial score (nSPS) is 10.6. The van der Waals surface area contributed by atoms with Gasteiger partial charge in [-0.15, -0.1) is 0 Å². The molecule has 0 aliphatic heterocycles. The summed E-state index contributed by atoms with van der Waals surface area (Å²) in [5.74, 6) is 0.660. The van der Waals surface area contributed by atoms with E-state index >= 15 is 0 Å². The van der Waals surface area contributed by atoms with Gasteiger partial charge in [0.1, 0.15) is 11.3 Å². The van der Waals surface area contributed by atoms with Crippen LogP contribution in [0.25, 0.3) is 11.2 Å². The standard InChI is InChI=1S/C12H9N5O2/c1-7-4-10(17-19-7)16-12(18)8-5-9-11(15-6-8)14-3-2-13-9/h2-6H,1H3,(H,16,17,18). The van der Waals surface area contributed by atoms with Gasteiger partial charge in [-0.05, 0) is 13.0 Å².